The van der Waals surface area contributed by atoms with E-state index in [1.807, 2.05) is 6.07 Å². The van der Waals surface area contributed by atoms with Gasteiger partial charge in [0.25, 0.3) is 0 Å². The van der Waals surface area contributed by atoms with Gasteiger partial charge in [-0.2, -0.15) is 0 Å². The van der Waals surface area contributed by atoms with E-state index in [-0.39, 0.29) is 0 Å². The van der Waals surface area contributed by atoms with Crippen molar-refractivity contribution in [1.82, 2.24) is 14.9 Å². The number of likely N-dealkylation sites (N-methyl/N-ethyl adjacent to an activating group) is 1. The summed E-state index contributed by atoms with van der Waals surface area (Å²) < 4.78 is 0. The molecule has 1 saturated heterocycles. The highest BCUT2D eigenvalue weighted by molar-refractivity contribution is 6.35. The summed E-state index contributed by atoms with van der Waals surface area (Å²) in [6.07, 6.45) is 1.73. The maximum absolute atomic E-state index is 6.25. The van der Waals surface area contributed by atoms with Crippen LogP contribution in [0.5, 0.6) is 0 Å². The number of halogens is 1. The Morgan fingerprint density at radius 3 is 2.70 bits per heavy atom. The fraction of sp³-hybridized carbons (Fsp3) is 0.278. The average Bonchev–Trinajstić information content (AvgIpc) is 3.01. The van der Waals surface area contributed by atoms with Gasteiger partial charge in [0.15, 0.2) is 0 Å². The second-order valence-corrected chi connectivity index (χ2v) is 6.49. The summed E-state index contributed by atoms with van der Waals surface area (Å²) >= 11 is 6.25. The van der Waals surface area contributed by atoms with Crippen LogP contribution in [0.1, 0.15) is 0 Å². The Morgan fingerprint density at radius 1 is 1.09 bits per heavy atom. The summed E-state index contributed by atoms with van der Waals surface area (Å²) in [5, 5.41) is 1.70. The first kappa shape index (κ1) is 14.5. The molecule has 2 aromatic heterocycles. The molecule has 4 rings (SSSR count). The zero-order valence-electron chi connectivity index (χ0n) is 13.1. The first-order valence-electron chi connectivity index (χ1n) is 7.88. The molecule has 3 heterocycles. The molecule has 3 aromatic rings. The van der Waals surface area contributed by atoms with Gasteiger partial charge in [-0.05, 0) is 31.3 Å². The van der Waals surface area contributed by atoms with E-state index in [0.29, 0.717) is 0 Å². The molecular formula is C18H19ClN4. The number of nitrogens with zero attached hydrogens (tertiary/aromatic N) is 3. The molecule has 0 amide bonds. The van der Waals surface area contributed by atoms with Crippen molar-refractivity contribution in [3.05, 3.63) is 47.6 Å². The van der Waals surface area contributed by atoms with E-state index < -0.39 is 0 Å². The van der Waals surface area contributed by atoms with Crippen molar-refractivity contribution in [3.8, 4) is 11.3 Å². The fourth-order valence-corrected chi connectivity index (χ4v) is 3.29. The summed E-state index contributed by atoms with van der Waals surface area (Å²) in [6, 6.07) is 12.6. The van der Waals surface area contributed by atoms with Crippen molar-refractivity contribution >= 4 is 28.3 Å². The molecule has 1 N–H and O–H groups in total. The number of H-pyrrole nitrogens is 1. The van der Waals surface area contributed by atoms with Crippen molar-refractivity contribution in [2.45, 2.75) is 0 Å². The Balaban J connectivity index is 1.68. The standard InChI is InChI=1S/C18H19ClN4/c1-22-7-9-23(10-8-22)14-4-2-3-13(11-14)17-12-15-16(19)5-6-20-18(15)21-17/h2-6,11-12H,7-10H2,1H3,(H,20,21). The summed E-state index contributed by atoms with van der Waals surface area (Å²) in [6.45, 7) is 4.35. The Hall–Kier alpha value is -2.04. The molecule has 0 unspecified atom stereocenters. The van der Waals surface area contributed by atoms with E-state index in [9.17, 15) is 0 Å². The highest BCUT2D eigenvalue weighted by Crippen LogP contribution is 2.30. The minimum absolute atomic E-state index is 0.729. The molecule has 0 saturated carbocycles. The van der Waals surface area contributed by atoms with Crippen LogP contribution in [0.15, 0.2) is 42.6 Å². The molecule has 0 radical (unpaired) electrons. The molecule has 1 fully saturated rings. The van der Waals surface area contributed by atoms with Gasteiger partial charge in [-0.25, -0.2) is 4.98 Å². The van der Waals surface area contributed by atoms with Crippen LogP contribution >= 0.6 is 11.6 Å². The van der Waals surface area contributed by atoms with Crippen molar-refractivity contribution < 1.29 is 0 Å². The highest BCUT2D eigenvalue weighted by Gasteiger charge is 2.15. The maximum Gasteiger partial charge on any atom is 0.139 e. The Morgan fingerprint density at radius 2 is 1.91 bits per heavy atom. The smallest absolute Gasteiger partial charge is 0.139 e. The van der Waals surface area contributed by atoms with Gasteiger partial charge in [0.1, 0.15) is 5.65 Å². The fourth-order valence-electron chi connectivity index (χ4n) is 3.08. The third kappa shape index (κ3) is 2.80. The Bertz CT molecular complexity index is 834. The normalized spacial score (nSPS) is 16.2. The van der Waals surface area contributed by atoms with Crippen LogP contribution < -0.4 is 4.90 Å². The van der Waals surface area contributed by atoms with Crippen LogP contribution in [-0.2, 0) is 0 Å². The second-order valence-electron chi connectivity index (χ2n) is 6.08. The van der Waals surface area contributed by atoms with Crippen molar-refractivity contribution in [3.63, 3.8) is 0 Å². The Labute approximate surface area is 140 Å². The van der Waals surface area contributed by atoms with Crippen LogP contribution in [0.2, 0.25) is 5.02 Å². The van der Waals surface area contributed by atoms with Gasteiger partial charge in [-0.15, -0.1) is 0 Å². The molecule has 5 heteroatoms. The zero-order valence-corrected chi connectivity index (χ0v) is 13.8. The van der Waals surface area contributed by atoms with Gasteiger partial charge in [0.05, 0.1) is 5.02 Å². The molecule has 0 bridgehead atoms. The molecule has 0 aliphatic carbocycles. The molecule has 23 heavy (non-hydrogen) atoms. The second kappa shape index (κ2) is 5.87. The lowest BCUT2D eigenvalue weighted by Gasteiger charge is -2.34. The minimum Gasteiger partial charge on any atom is -0.369 e. The van der Waals surface area contributed by atoms with Gasteiger partial charge >= 0.3 is 0 Å². The number of aromatic amines is 1. The number of anilines is 1. The molecule has 1 aliphatic rings. The van der Waals surface area contributed by atoms with Crippen LogP contribution in [0.25, 0.3) is 22.3 Å². The van der Waals surface area contributed by atoms with Crippen molar-refractivity contribution in [2.24, 2.45) is 0 Å². The van der Waals surface area contributed by atoms with Crippen LogP contribution in [0, 0.1) is 0 Å². The molecule has 0 spiro atoms. The number of hydrogen-bond donors (Lipinski definition) is 1. The molecule has 118 valence electrons. The van der Waals surface area contributed by atoms with Crippen molar-refractivity contribution in [2.75, 3.05) is 38.1 Å². The number of piperazine rings is 1. The van der Waals surface area contributed by atoms with E-state index in [4.69, 9.17) is 11.6 Å². The summed E-state index contributed by atoms with van der Waals surface area (Å²) in [5.74, 6) is 0. The van der Waals surface area contributed by atoms with Crippen LogP contribution in [-0.4, -0.2) is 48.1 Å². The SMILES string of the molecule is CN1CCN(c2cccc(-c3cc4c(Cl)ccnc4[nH]3)c2)CC1. The van der Waals surface area contributed by atoms with Gasteiger partial charge < -0.3 is 14.8 Å². The maximum atomic E-state index is 6.25. The van der Waals surface area contributed by atoms with Gasteiger partial charge in [-0.3, -0.25) is 0 Å². The zero-order chi connectivity index (χ0) is 15.8. The quantitative estimate of drug-likeness (QED) is 0.781. The third-order valence-corrected chi connectivity index (χ3v) is 4.83. The largest absolute Gasteiger partial charge is 0.369 e. The highest BCUT2D eigenvalue weighted by atomic mass is 35.5. The number of hydrogen-bond acceptors (Lipinski definition) is 3. The lowest BCUT2D eigenvalue weighted by atomic mass is 10.1. The monoisotopic (exact) mass is 326 g/mol. The van der Waals surface area contributed by atoms with E-state index in [1.54, 1.807) is 6.20 Å². The number of fused-ring (bicyclic) bond motifs is 1. The van der Waals surface area contributed by atoms with Crippen molar-refractivity contribution in [1.29, 1.82) is 0 Å². The van der Waals surface area contributed by atoms with E-state index in [2.05, 4.69) is 57.1 Å². The number of nitrogens with one attached hydrogen (secondary N) is 1. The predicted octanol–water partition coefficient (Wildman–Crippen LogP) is 3.64. The minimum atomic E-state index is 0.729. The predicted molar refractivity (Wildman–Crippen MR) is 96.2 cm³/mol. The number of aromatic nitrogens is 2. The van der Waals surface area contributed by atoms with Crippen LogP contribution in [0.3, 0.4) is 0 Å². The lowest BCUT2D eigenvalue weighted by Crippen LogP contribution is -2.44. The third-order valence-electron chi connectivity index (χ3n) is 4.50. The molecule has 1 aliphatic heterocycles. The summed E-state index contributed by atoms with van der Waals surface area (Å²) in [7, 11) is 2.18. The number of pyridine rings is 1. The number of rotatable bonds is 2. The summed E-state index contributed by atoms with van der Waals surface area (Å²) in [4.78, 5) is 12.5. The topological polar surface area (TPSA) is 35.2 Å². The molecule has 0 atom stereocenters. The van der Waals surface area contributed by atoms with Crippen LogP contribution in [0.4, 0.5) is 5.69 Å². The first-order valence-corrected chi connectivity index (χ1v) is 8.26. The lowest BCUT2D eigenvalue weighted by molar-refractivity contribution is 0.313. The van der Waals surface area contributed by atoms with Gasteiger partial charge in [-0.1, -0.05) is 23.7 Å². The average molecular weight is 327 g/mol. The molecule has 4 nitrogen and oxygen atoms in total. The summed E-state index contributed by atoms with van der Waals surface area (Å²) in [5.41, 5.74) is 4.32. The van der Waals surface area contributed by atoms with Gasteiger partial charge in [0.2, 0.25) is 0 Å². The van der Waals surface area contributed by atoms with Gasteiger partial charge in [0, 0.05) is 54.7 Å². The first-order chi connectivity index (χ1) is 11.2. The van der Waals surface area contributed by atoms with E-state index in [1.165, 1.54) is 5.69 Å². The van der Waals surface area contributed by atoms with E-state index in [0.717, 1.165) is 53.5 Å². The van der Waals surface area contributed by atoms with E-state index >= 15 is 0 Å². The number of benzene rings is 1. The Kier molecular flexibility index (Phi) is 3.71. The molecule has 1 aromatic carbocycles. The molecular weight excluding hydrogens is 308 g/mol.